The molecule has 3 aliphatic carbocycles. The number of rotatable bonds is 5. The molecule has 1 heterocycles. The number of fused-ring (bicyclic) bond motifs is 3. The normalized spacial score (nSPS) is 27.9. The van der Waals surface area contributed by atoms with E-state index in [-0.39, 0.29) is 35.5 Å². The number of hydrogen-bond donors (Lipinski definition) is 6. The fraction of sp³-hybridized carbons (Fsp3) is 0.323. The topological polar surface area (TPSA) is 217 Å². The molecule has 1 aromatic heterocycles. The van der Waals surface area contributed by atoms with Crippen LogP contribution in [-0.4, -0.2) is 85.7 Å². The van der Waals surface area contributed by atoms with Gasteiger partial charge < -0.3 is 40.9 Å². The minimum atomic E-state index is -2.73. The Morgan fingerprint density at radius 2 is 1.89 bits per heavy atom. The summed E-state index contributed by atoms with van der Waals surface area (Å²) in [7, 11) is 3.19. The van der Waals surface area contributed by atoms with Crippen LogP contribution in [0.3, 0.4) is 0 Å². The molecule has 2 aromatic carbocycles. The predicted molar refractivity (Wildman–Crippen MR) is 154 cm³/mol. The molecule has 228 valence electrons. The summed E-state index contributed by atoms with van der Waals surface area (Å²) in [6, 6.07) is 10.3. The first kappa shape index (κ1) is 29.2. The van der Waals surface area contributed by atoms with Crippen LogP contribution in [0.2, 0.25) is 0 Å². The second kappa shape index (κ2) is 10.4. The minimum Gasteiger partial charge on any atom is -0.507 e. The van der Waals surface area contributed by atoms with Crippen molar-refractivity contribution in [3.8, 4) is 16.9 Å². The van der Waals surface area contributed by atoms with Gasteiger partial charge in [-0.1, -0.05) is 23.4 Å². The number of benzene rings is 2. The van der Waals surface area contributed by atoms with E-state index < -0.39 is 64.6 Å². The van der Waals surface area contributed by atoms with E-state index in [0.717, 1.165) is 0 Å². The van der Waals surface area contributed by atoms with Crippen LogP contribution in [0.25, 0.3) is 16.9 Å². The average molecular weight is 603 g/mol. The molecule has 6 rings (SSSR count). The SMILES string of the molecule is CN(C)[C@H]1C(O)C(C(N)=O)C(=O)[C@]2(O)C(=O)C3=C(O)c4c(O)ccc(-c5cccc(NC(=O)c6ccno6)c5)c4C[C@@H]3C[C@H]12. The lowest BCUT2D eigenvalue weighted by Crippen LogP contribution is -2.73. The number of amides is 2. The predicted octanol–water partition coefficient (Wildman–Crippen LogP) is 1.04. The van der Waals surface area contributed by atoms with Gasteiger partial charge in [-0.2, -0.15) is 0 Å². The molecule has 2 unspecified atom stereocenters. The fourth-order valence-corrected chi connectivity index (χ4v) is 7.17. The fourth-order valence-electron chi connectivity index (χ4n) is 7.17. The van der Waals surface area contributed by atoms with Gasteiger partial charge in [-0.25, -0.2) is 0 Å². The van der Waals surface area contributed by atoms with Gasteiger partial charge in [0, 0.05) is 29.3 Å². The van der Waals surface area contributed by atoms with Crippen molar-refractivity contribution >= 4 is 34.8 Å². The molecule has 44 heavy (non-hydrogen) atoms. The van der Waals surface area contributed by atoms with Gasteiger partial charge >= 0.3 is 0 Å². The van der Waals surface area contributed by atoms with E-state index in [1.165, 1.54) is 23.2 Å². The van der Waals surface area contributed by atoms with Crippen molar-refractivity contribution in [1.82, 2.24) is 10.1 Å². The van der Waals surface area contributed by atoms with E-state index in [9.17, 15) is 39.6 Å². The molecule has 2 saturated carbocycles. The monoisotopic (exact) mass is 602 g/mol. The van der Waals surface area contributed by atoms with E-state index in [1.54, 1.807) is 44.4 Å². The Kier molecular flexibility index (Phi) is 6.91. The molecule has 2 fully saturated rings. The van der Waals surface area contributed by atoms with Gasteiger partial charge in [0.15, 0.2) is 11.4 Å². The lowest BCUT2D eigenvalue weighted by Gasteiger charge is -2.53. The molecule has 0 saturated heterocycles. The number of carbonyl (C=O) groups excluding carboxylic acids is 4. The summed E-state index contributed by atoms with van der Waals surface area (Å²) in [4.78, 5) is 53.8. The Labute approximate surface area is 250 Å². The number of aromatic nitrogens is 1. The van der Waals surface area contributed by atoms with Gasteiger partial charge in [0.25, 0.3) is 5.91 Å². The number of phenolic OH excluding ortho intramolecular Hbond substituents is 1. The van der Waals surface area contributed by atoms with Crippen molar-refractivity contribution in [3.05, 3.63) is 71.1 Å². The summed E-state index contributed by atoms with van der Waals surface area (Å²) in [5.41, 5.74) is 4.61. The lowest BCUT2D eigenvalue weighted by atomic mass is 9.54. The van der Waals surface area contributed by atoms with E-state index >= 15 is 0 Å². The lowest BCUT2D eigenvalue weighted by molar-refractivity contribution is -0.184. The van der Waals surface area contributed by atoms with Gasteiger partial charge in [0.05, 0.1) is 17.9 Å². The van der Waals surface area contributed by atoms with E-state index in [1.807, 2.05) is 0 Å². The van der Waals surface area contributed by atoms with Crippen LogP contribution < -0.4 is 11.1 Å². The van der Waals surface area contributed by atoms with Crippen LogP contribution in [0, 0.1) is 17.8 Å². The smallest absolute Gasteiger partial charge is 0.294 e. The highest BCUT2D eigenvalue weighted by molar-refractivity contribution is 6.25. The summed E-state index contributed by atoms with van der Waals surface area (Å²) in [6.45, 7) is 0. The highest BCUT2D eigenvalue weighted by Crippen LogP contribution is 2.53. The van der Waals surface area contributed by atoms with Crippen LogP contribution in [0.4, 0.5) is 5.69 Å². The molecular formula is C31H30N4O9. The van der Waals surface area contributed by atoms with Crippen molar-refractivity contribution in [3.63, 3.8) is 0 Å². The molecule has 7 N–H and O–H groups in total. The third kappa shape index (κ3) is 4.23. The second-order valence-corrected chi connectivity index (χ2v) is 11.7. The maximum absolute atomic E-state index is 14.0. The number of aliphatic hydroxyl groups is 3. The number of carbonyl (C=O) groups is 4. The number of aliphatic hydroxyl groups excluding tert-OH is 2. The third-order valence-electron chi connectivity index (χ3n) is 9.07. The minimum absolute atomic E-state index is 0.000573. The Morgan fingerprint density at radius 1 is 1.14 bits per heavy atom. The van der Waals surface area contributed by atoms with Gasteiger partial charge in [-0.05, 0) is 67.7 Å². The van der Waals surface area contributed by atoms with Crippen molar-refractivity contribution in [2.45, 2.75) is 30.6 Å². The highest BCUT2D eigenvalue weighted by atomic mass is 16.5. The molecule has 3 aromatic rings. The zero-order chi connectivity index (χ0) is 31.7. The summed E-state index contributed by atoms with van der Waals surface area (Å²) in [6.07, 6.45) is -0.0899. The van der Waals surface area contributed by atoms with Gasteiger partial charge in [0.2, 0.25) is 17.5 Å². The number of aromatic hydroxyl groups is 1. The van der Waals surface area contributed by atoms with Crippen LogP contribution in [0.1, 0.15) is 28.1 Å². The largest absolute Gasteiger partial charge is 0.507 e. The summed E-state index contributed by atoms with van der Waals surface area (Å²) in [5, 5.41) is 51.4. The summed E-state index contributed by atoms with van der Waals surface area (Å²) in [5.74, 6) is -8.53. The molecular weight excluding hydrogens is 572 g/mol. The highest BCUT2D eigenvalue weighted by Gasteiger charge is 2.67. The zero-order valence-corrected chi connectivity index (χ0v) is 23.7. The van der Waals surface area contributed by atoms with Crippen LogP contribution in [-0.2, 0) is 20.8 Å². The van der Waals surface area contributed by atoms with Gasteiger partial charge in [0.1, 0.15) is 17.4 Å². The molecule has 0 spiro atoms. The first-order valence-corrected chi connectivity index (χ1v) is 13.9. The zero-order valence-electron chi connectivity index (χ0n) is 23.7. The number of nitrogens with zero attached hydrogens (tertiary/aromatic N) is 2. The molecule has 2 amide bonds. The Hall–Kier alpha value is -4.85. The van der Waals surface area contributed by atoms with Crippen LogP contribution in [0.5, 0.6) is 5.75 Å². The molecule has 13 heteroatoms. The molecule has 0 radical (unpaired) electrons. The van der Waals surface area contributed by atoms with E-state index in [2.05, 4.69) is 10.5 Å². The molecule has 0 bridgehead atoms. The number of ketones is 2. The van der Waals surface area contributed by atoms with Gasteiger partial charge in [-0.15, -0.1) is 0 Å². The Morgan fingerprint density at radius 3 is 2.55 bits per heavy atom. The van der Waals surface area contributed by atoms with Crippen LogP contribution in [0.15, 0.2) is 58.8 Å². The van der Waals surface area contributed by atoms with Gasteiger partial charge in [-0.3, -0.25) is 19.2 Å². The number of Topliss-reactive ketones (excluding diaryl/α,β-unsaturated/α-hetero) is 2. The molecule has 13 nitrogen and oxygen atoms in total. The second-order valence-electron chi connectivity index (χ2n) is 11.7. The summed E-state index contributed by atoms with van der Waals surface area (Å²) < 4.78 is 4.91. The number of phenols is 1. The number of nitrogens with two attached hydrogens (primary N) is 1. The number of primary amides is 1. The van der Waals surface area contributed by atoms with Crippen molar-refractivity contribution in [1.29, 1.82) is 0 Å². The van der Waals surface area contributed by atoms with Crippen molar-refractivity contribution in [2.75, 3.05) is 19.4 Å². The molecule has 0 aliphatic heterocycles. The number of anilines is 1. The average Bonchev–Trinajstić information content (AvgIpc) is 3.50. The maximum Gasteiger partial charge on any atom is 0.294 e. The van der Waals surface area contributed by atoms with Crippen LogP contribution >= 0.6 is 0 Å². The Bertz CT molecular complexity index is 1750. The quantitative estimate of drug-likeness (QED) is 0.227. The molecule has 3 aliphatic rings. The number of hydrogen-bond acceptors (Lipinski definition) is 11. The van der Waals surface area contributed by atoms with E-state index in [4.69, 9.17) is 10.3 Å². The third-order valence-corrected chi connectivity index (χ3v) is 9.07. The molecule has 6 atom stereocenters. The number of likely N-dealkylation sites (N-methyl/N-ethyl adjacent to an activating group) is 1. The maximum atomic E-state index is 14.0. The first-order chi connectivity index (χ1) is 20.9. The standard InChI is InChI=1S/C31H30N4O9/c1-35(2)24-18-12-14-11-17-16(13-4-3-5-15(10-13)34-30(42)20-8-9-33-44-20)6-7-19(36)22(17)25(37)21(14)27(39)31(18,43)28(40)23(26(24)38)29(32)41/h3-10,14,18,23-24,26,36-38,43H,11-12H2,1-2H3,(H2,32,41)(H,34,42)/t14-,18-,23?,24-,26?,31-/m1/s1. The van der Waals surface area contributed by atoms with E-state index in [0.29, 0.717) is 22.4 Å². The first-order valence-electron chi connectivity index (χ1n) is 13.9. The Balaban J connectivity index is 1.44. The van der Waals surface area contributed by atoms with Crippen molar-refractivity contribution in [2.24, 2.45) is 23.5 Å². The van der Waals surface area contributed by atoms with Crippen molar-refractivity contribution < 1.29 is 44.1 Å². The number of nitrogens with one attached hydrogen (secondary N) is 1. The summed E-state index contributed by atoms with van der Waals surface area (Å²) >= 11 is 0.